The van der Waals surface area contributed by atoms with E-state index in [-0.39, 0.29) is 36.4 Å². The molecule has 0 saturated heterocycles. The summed E-state index contributed by atoms with van der Waals surface area (Å²) in [6, 6.07) is 9.35. The third-order valence-corrected chi connectivity index (χ3v) is 4.86. The standard InChI is InChI=1S/C23H25N5O7/c1-4-33-18-10-9-15(13-19(18)34-5-2)21(29)24-11-12-25-22(30)23-26-20(27-35-23)16-7-6-8-17(14(16)3)28(31)32/h6-10,13H,4-5,11-12H2,1-3H3,(H,24,29)(H,25,30). The van der Waals surface area contributed by atoms with Crippen LogP contribution in [0.1, 0.15) is 40.5 Å². The number of nitro groups is 1. The van der Waals surface area contributed by atoms with Gasteiger partial charge >= 0.3 is 11.8 Å². The Balaban J connectivity index is 1.55. The fourth-order valence-electron chi connectivity index (χ4n) is 3.21. The van der Waals surface area contributed by atoms with Crippen molar-refractivity contribution < 1.29 is 28.5 Å². The van der Waals surface area contributed by atoms with Gasteiger partial charge in [-0.15, -0.1) is 0 Å². The van der Waals surface area contributed by atoms with Crippen LogP contribution < -0.4 is 20.1 Å². The molecule has 35 heavy (non-hydrogen) atoms. The molecule has 0 saturated carbocycles. The highest BCUT2D eigenvalue weighted by Crippen LogP contribution is 2.29. The number of ether oxygens (including phenoxy) is 2. The van der Waals surface area contributed by atoms with E-state index in [2.05, 4.69) is 20.8 Å². The summed E-state index contributed by atoms with van der Waals surface area (Å²) in [5, 5.41) is 20.1. The molecule has 0 aliphatic carbocycles. The van der Waals surface area contributed by atoms with E-state index >= 15 is 0 Å². The minimum Gasteiger partial charge on any atom is -0.490 e. The number of hydrogen-bond acceptors (Lipinski definition) is 9. The number of nitro benzene ring substituents is 1. The van der Waals surface area contributed by atoms with Crippen molar-refractivity contribution in [2.45, 2.75) is 20.8 Å². The predicted molar refractivity (Wildman–Crippen MR) is 125 cm³/mol. The number of carbonyl (C=O) groups excluding carboxylic acids is 2. The minimum absolute atomic E-state index is 0.0604. The van der Waals surface area contributed by atoms with Gasteiger partial charge in [0.2, 0.25) is 5.82 Å². The van der Waals surface area contributed by atoms with Gasteiger partial charge in [-0.05, 0) is 39.0 Å². The van der Waals surface area contributed by atoms with Crippen molar-refractivity contribution in [2.24, 2.45) is 0 Å². The van der Waals surface area contributed by atoms with Gasteiger partial charge in [-0.1, -0.05) is 17.3 Å². The Kier molecular flexibility index (Phi) is 8.33. The molecule has 0 atom stereocenters. The maximum atomic E-state index is 12.4. The SMILES string of the molecule is CCOc1ccc(C(=O)NCCNC(=O)c2nc(-c3cccc([N+](=O)[O-])c3C)no2)cc1OCC. The van der Waals surface area contributed by atoms with Crippen LogP contribution in [0.15, 0.2) is 40.9 Å². The lowest BCUT2D eigenvalue weighted by molar-refractivity contribution is -0.385. The van der Waals surface area contributed by atoms with Crippen LogP contribution in [0.2, 0.25) is 0 Å². The Morgan fingerprint density at radius 3 is 2.40 bits per heavy atom. The van der Waals surface area contributed by atoms with Gasteiger partial charge in [0.15, 0.2) is 11.5 Å². The quantitative estimate of drug-likeness (QED) is 0.237. The Bertz CT molecular complexity index is 1220. The van der Waals surface area contributed by atoms with Crippen LogP contribution in [0.3, 0.4) is 0 Å². The molecule has 0 aliphatic heterocycles. The van der Waals surface area contributed by atoms with Crippen molar-refractivity contribution in [1.82, 2.24) is 20.8 Å². The maximum Gasteiger partial charge on any atom is 0.316 e. The Morgan fingerprint density at radius 2 is 1.71 bits per heavy atom. The predicted octanol–water partition coefficient (Wildman–Crippen LogP) is 2.91. The van der Waals surface area contributed by atoms with Gasteiger partial charge in [0, 0.05) is 35.8 Å². The largest absolute Gasteiger partial charge is 0.490 e. The highest BCUT2D eigenvalue weighted by Gasteiger charge is 2.20. The number of rotatable bonds is 11. The van der Waals surface area contributed by atoms with Crippen molar-refractivity contribution in [3.63, 3.8) is 0 Å². The van der Waals surface area contributed by atoms with Crippen LogP contribution in [-0.2, 0) is 0 Å². The molecule has 12 nitrogen and oxygen atoms in total. The smallest absolute Gasteiger partial charge is 0.316 e. The molecule has 12 heteroatoms. The van der Waals surface area contributed by atoms with Gasteiger partial charge in [0.05, 0.1) is 18.1 Å². The molecule has 3 rings (SSSR count). The lowest BCUT2D eigenvalue weighted by atomic mass is 10.1. The van der Waals surface area contributed by atoms with Gasteiger partial charge in [-0.25, -0.2) is 0 Å². The number of amides is 2. The van der Waals surface area contributed by atoms with E-state index in [1.54, 1.807) is 31.2 Å². The minimum atomic E-state index is -0.638. The fourth-order valence-corrected chi connectivity index (χ4v) is 3.21. The maximum absolute atomic E-state index is 12.4. The molecule has 0 radical (unpaired) electrons. The van der Waals surface area contributed by atoms with Crippen LogP contribution in [0.5, 0.6) is 11.5 Å². The van der Waals surface area contributed by atoms with E-state index in [0.717, 1.165) is 0 Å². The van der Waals surface area contributed by atoms with E-state index in [9.17, 15) is 19.7 Å². The van der Waals surface area contributed by atoms with Gasteiger partial charge in [0.25, 0.3) is 11.6 Å². The molecule has 2 N–H and O–H groups in total. The molecule has 184 valence electrons. The fraction of sp³-hybridized carbons (Fsp3) is 0.304. The van der Waals surface area contributed by atoms with E-state index in [1.807, 2.05) is 13.8 Å². The molecular weight excluding hydrogens is 458 g/mol. The summed E-state index contributed by atoms with van der Waals surface area (Å²) in [6.45, 7) is 6.40. The molecule has 1 heterocycles. The van der Waals surface area contributed by atoms with Crippen molar-refractivity contribution in [3.05, 3.63) is 63.5 Å². The van der Waals surface area contributed by atoms with Crippen molar-refractivity contribution in [3.8, 4) is 22.9 Å². The topological polar surface area (TPSA) is 159 Å². The first-order valence-corrected chi connectivity index (χ1v) is 10.9. The van der Waals surface area contributed by atoms with Gasteiger partial charge in [-0.2, -0.15) is 4.98 Å². The summed E-state index contributed by atoms with van der Waals surface area (Å²) < 4.78 is 16.0. The van der Waals surface area contributed by atoms with Crippen LogP contribution in [0.25, 0.3) is 11.4 Å². The Labute approximate surface area is 200 Å². The lowest BCUT2D eigenvalue weighted by Crippen LogP contribution is -2.34. The van der Waals surface area contributed by atoms with Crippen LogP contribution in [-0.4, -0.2) is 53.2 Å². The van der Waals surface area contributed by atoms with Crippen molar-refractivity contribution >= 4 is 17.5 Å². The zero-order chi connectivity index (χ0) is 25.4. The zero-order valence-electron chi connectivity index (χ0n) is 19.5. The molecule has 1 aromatic heterocycles. The molecule has 0 bridgehead atoms. The summed E-state index contributed by atoms with van der Waals surface area (Å²) in [6.07, 6.45) is 0. The number of benzene rings is 2. The first kappa shape index (κ1) is 25.1. The van der Waals surface area contributed by atoms with E-state index in [4.69, 9.17) is 14.0 Å². The third-order valence-electron chi connectivity index (χ3n) is 4.86. The average molecular weight is 483 g/mol. The van der Waals surface area contributed by atoms with Gasteiger partial charge in [-0.3, -0.25) is 19.7 Å². The van der Waals surface area contributed by atoms with Crippen LogP contribution >= 0.6 is 0 Å². The molecule has 2 amide bonds. The molecule has 0 unspecified atom stereocenters. The Morgan fingerprint density at radius 1 is 1.03 bits per heavy atom. The number of nitrogens with zero attached hydrogens (tertiary/aromatic N) is 3. The van der Waals surface area contributed by atoms with Crippen molar-refractivity contribution in [1.29, 1.82) is 0 Å². The number of aromatic nitrogens is 2. The summed E-state index contributed by atoms with van der Waals surface area (Å²) in [5.74, 6) is -0.195. The molecule has 0 fully saturated rings. The summed E-state index contributed by atoms with van der Waals surface area (Å²) >= 11 is 0. The second-order valence-electron chi connectivity index (χ2n) is 7.17. The average Bonchev–Trinajstić information content (AvgIpc) is 3.33. The number of hydrogen-bond donors (Lipinski definition) is 2. The highest BCUT2D eigenvalue weighted by atomic mass is 16.6. The van der Waals surface area contributed by atoms with Gasteiger partial charge < -0.3 is 24.6 Å². The molecule has 2 aromatic carbocycles. The molecular formula is C23H25N5O7. The highest BCUT2D eigenvalue weighted by molar-refractivity contribution is 5.95. The molecule has 0 spiro atoms. The summed E-state index contributed by atoms with van der Waals surface area (Å²) in [4.78, 5) is 39.4. The normalized spacial score (nSPS) is 10.5. The van der Waals surface area contributed by atoms with Gasteiger partial charge in [0.1, 0.15) is 0 Å². The van der Waals surface area contributed by atoms with E-state index < -0.39 is 10.8 Å². The second-order valence-corrected chi connectivity index (χ2v) is 7.17. The first-order chi connectivity index (χ1) is 16.8. The number of nitrogens with one attached hydrogen (secondary N) is 2. The third kappa shape index (κ3) is 6.10. The number of carbonyl (C=O) groups is 2. The monoisotopic (exact) mass is 483 g/mol. The summed E-state index contributed by atoms with van der Waals surface area (Å²) in [5.41, 5.74) is 1.04. The van der Waals surface area contributed by atoms with Crippen molar-refractivity contribution in [2.75, 3.05) is 26.3 Å². The lowest BCUT2D eigenvalue weighted by Gasteiger charge is -2.12. The molecule has 0 aliphatic rings. The Hall–Kier alpha value is -4.48. The van der Waals surface area contributed by atoms with Crippen LogP contribution in [0, 0.1) is 17.0 Å². The van der Waals surface area contributed by atoms with Crippen LogP contribution in [0.4, 0.5) is 5.69 Å². The zero-order valence-corrected chi connectivity index (χ0v) is 19.5. The van der Waals surface area contributed by atoms with E-state index in [1.165, 1.54) is 12.1 Å². The summed E-state index contributed by atoms with van der Waals surface area (Å²) in [7, 11) is 0. The van der Waals surface area contributed by atoms with E-state index in [0.29, 0.717) is 41.4 Å². The molecule has 3 aromatic rings. The second kappa shape index (κ2) is 11.6. The first-order valence-electron chi connectivity index (χ1n) is 10.9.